The van der Waals surface area contributed by atoms with Crippen molar-refractivity contribution < 1.29 is 4.79 Å². The summed E-state index contributed by atoms with van der Waals surface area (Å²) in [5, 5.41) is 4.00. The van der Waals surface area contributed by atoms with Gasteiger partial charge in [0.15, 0.2) is 0 Å². The topological polar surface area (TPSA) is 20.3 Å². The van der Waals surface area contributed by atoms with E-state index in [4.69, 9.17) is 0 Å². The number of likely N-dealkylation sites (N-methyl/N-ethyl adjacent to an activating group) is 1. The Kier molecular flexibility index (Phi) is 4.80. The number of hydrogen-bond acceptors (Lipinski definition) is 3. The van der Waals surface area contributed by atoms with E-state index in [1.165, 1.54) is 4.88 Å². The van der Waals surface area contributed by atoms with Crippen LogP contribution < -0.4 is 0 Å². The molecule has 2 rings (SSSR count). The van der Waals surface area contributed by atoms with Gasteiger partial charge in [0.1, 0.15) is 0 Å². The summed E-state index contributed by atoms with van der Waals surface area (Å²) in [6, 6.07) is 6.33. The molecule has 2 aromatic rings. The summed E-state index contributed by atoms with van der Waals surface area (Å²) >= 11 is 5.59. The zero-order chi connectivity index (χ0) is 13.1. The van der Waals surface area contributed by atoms with E-state index in [9.17, 15) is 4.79 Å². The molecular weight excluding hydrogens is 377 g/mol. The quantitative estimate of drug-likeness (QED) is 0.719. The molecule has 2 aromatic heterocycles. The highest BCUT2D eigenvalue weighted by Gasteiger charge is 2.19. The van der Waals surface area contributed by atoms with E-state index in [0.29, 0.717) is 0 Å². The Bertz CT molecular complexity index is 521. The zero-order valence-corrected chi connectivity index (χ0v) is 14.0. The summed E-state index contributed by atoms with van der Waals surface area (Å²) in [4.78, 5) is 15.4. The highest BCUT2D eigenvalue weighted by molar-refractivity contribution is 14.1. The van der Waals surface area contributed by atoms with Crippen LogP contribution in [-0.2, 0) is 6.42 Å². The van der Waals surface area contributed by atoms with Gasteiger partial charge in [-0.2, -0.15) is 0 Å². The molecule has 0 N–H and O–H groups in total. The Morgan fingerprint density at radius 2 is 2.28 bits per heavy atom. The van der Waals surface area contributed by atoms with Crippen LogP contribution in [0.1, 0.15) is 22.2 Å². The number of thiophene rings is 2. The average Bonchev–Trinajstić information content (AvgIpc) is 2.98. The average molecular weight is 391 g/mol. The van der Waals surface area contributed by atoms with Crippen molar-refractivity contribution >= 4 is 51.2 Å². The summed E-state index contributed by atoms with van der Waals surface area (Å²) in [5.41, 5.74) is 0.796. The van der Waals surface area contributed by atoms with Crippen molar-refractivity contribution in [2.45, 2.75) is 19.4 Å². The van der Waals surface area contributed by atoms with Crippen LogP contribution in [0.5, 0.6) is 0 Å². The van der Waals surface area contributed by atoms with Crippen LogP contribution >= 0.6 is 45.3 Å². The van der Waals surface area contributed by atoms with E-state index in [1.807, 2.05) is 23.4 Å². The van der Waals surface area contributed by atoms with Crippen molar-refractivity contribution in [2.75, 3.05) is 7.05 Å². The molecule has 1 amide bonds. The van der Waals surface area contributed by atoms with Crippen molar-refractivity contribution in [1.29, 1.82) is 0 Å². The monoisotopic (exact) mass is 391 g/mol. The van der Waals surface area contributed by atoms with E-state index in [2.05, 4.69) is 47.0 Å². The Morgan fingerprint density at radius 3 is 2.83 bits per heavy atom. The minimum Gasteiger partial charge on any atom is -0.339 e. The van der Waals surface area contributed by atoms with Gasteiger partial charge in [-0.25, -0.2) is 0 Å². The van der Waals surface area contributed by atoms with Gasteiger partial charge in [0.05, 0.1) is 8.45 Å². The molecule has 0 aromatic carbocycles. The van der Waals surface area contributed by atoms with Gasteiger partial charge in [0.25, 0.3) is 5.91 Å². The van der Waals surface area contributed by atoms with Gasteiger partial charge in [-0.3, -0.25) is 4.79 Å². The van der Waals surface area contributed by atoms with Crippen molar-refractivity contribution in [1.82, 2.24) is 4.90 Å². The summed E-state index contributed by atoms with van der Waals surface area (Å²) in [7, 11) is 1.88. The van der Waals surface area contributed by atoms with Crippen molar-refractivity contribution in [2.24, 2.45) is 0 Å². The molecule has 0 saturated carbocycles. The fourth-order valence-corrected chi connectivity index (χ4v) is 3.83. The molecule has 18 heavy (non-hydrogen) atoms. The first-order valence-corrected chi connectivity index (χ1v) is 8.45. The van der Waals surface area contributed by atoms with Crippen LogP contribution in [0.15, 0.2) is 29.0 Å². The van der Waals surface area contributed by atoms with E-state index >= 15 is 0 Å². The first-order chi connectivity index (χ1) is 8.58. The maximum absolute atomic E-state index is 12.3. The smallest absolute Gasteiger partial charge is 0.254 e. The molecule has 0 aliphatic heterocycles. The highest BCUT2D eigenvalue weighted by atomic mass is 127. The fraction of sp³-hybridized carbons (Fsp3) is 0.308. The first-order valence-electron chi connectivity index (χ1n) is 5.61. The minimum absolute atomic E-state index is 0.109. The predicted molar refractivity (Wildman–Crippen MR) is 86.6 cm³/mol. The summed E-state index contributed by atoms with van der Waals surface area (Å²) in [6.45, 7) is 2.09. The number of carbonyl (C=O) groups is 1. The zero-order valence-electron chi connectivity index (χ0n) is 10.2. The molecule has 1 unspecified atom stereocenters. The first kappa shape index (κ1) is 14.0. The number of rotatable bonds is 4. The molecule has 0 spiro atoms. The molecule has 96 valence electrons. The van der Waals surface area contributed by atoms with Crippen molar-refractivity contribution in [3.8, 4) is 0 Å². The van der Waals surface area contributed by atoms with Crippen LogP contribution in [0.4, 0.5) is 0 Å². The van der Waals surface area contributed by atoms with Crippen LogP contribution in [0.3, 0.4) is 0 Å². The normalized spacial score (nSPS) is 12.4. The van der Waals surface area contributed by atoms with Gasteiger partial charge in [-0.05, 0) is 47.0 Å². The molecule has 0 saturated heterocycles. The van der Waals surface area contributed by atoms with Crippen LogP contribution in [0, 0.1) is 2.88 Å². The second-order valence-corrected chi connectivity index (χ2v) is 8.03. The van der Waals surface area contributed by atoms with Crippen LogP contribution in [-0.4, -0.2) is 23.9 Å². The van der Waals surface area contributed by atoms with Crippen molar-refractivity contribution in [3.05, 3.63) is 42.3 Å². The molecule has 0 aliphatic rings. The molecule has 0 fully saturated rings. The van der Waals surface area contributed by atoms with Crippen LogP contribution in [0.2, 0.25) is 0 Å². The lowest BCUT2D eigenvalue weighted by Crippen LogP contribution is -2.36. The SMILES string of the molecule is CC(Cc1cccs1)N(C)C(=O)c1csc(I)c1. The standard InChI is InChI=1S/C13H14INOS2/c1-9(6-11-4-3-5-17-11)15(2)13(16)10-7-12(14)18-8-10/h3-5,7-9H,6H2,1-2H3. The van der Waals surface area contributed by atoms with E-state index < -0.39 is 0 Å². The van der Waals surface area contributed by atoms with Crippen LogP contribution in [0.25, 0.3) is 0 Å². The maximum Gasteiger partial charge on any atom is 0.254 e. The second kappa shape index (κ2) is 6.16. The van der Waals surface area contributed by atoms with Gasteiger partial charge in [0.2, 0.25) is 0 Å². The largest absolute Gasteiger partial charge is 0.339 e. The number of carbonyl (C=O) groups excluding carboxylic acids is 1. The molecular formula is C13H14INOS2. The number of amides is 1. The van der Waals surface area contributed by atoms with Gasteiger partial charge in [-0.1, -0.05) is 6.07 Å². The van der Waals surface area contributed by atoms with Crippen molar-refractivity contribution in [3.63, 3.8) is 0 Å². The molecule has 0 bridgehead atoms. The van der Waals surface area contributed by atoms with E-state index in [-0.39, 0.29) is 11.9 Å². The van der Waals surface area contributed by atoms with E-state index in [0.717, 1.165) is 14.9 Å². The van der Waals surface area contributed by atoms with E-state index in [1.54, 1.807) is 22.7 Å². The third-order valence-corrected chi connectivity index (χ3v) is 5.56. The summed E-state index contributed by atoms with van der Waals surface area (Å²) < 4.78 is 1.15. The third-order valence-electron chi connectivity index (χ3n) is 2.87. The lowest BCUT2D eigenvalue weighted by atomic mass is 10.1. The lowest BCUT2D eigenvalue weighted by Gasteiger charge is -2.24. The molecule has 2 nitrogen and oxygen atoms in total. The Morgan fingerprint density at radius 1 is 1.50 bits per heavy atom. The number of hydrogen-bond donors (Lipinski definition) is 0. The van der Waals surface area contributed by atoms with Gasteiger partial charge in [-0.15, -0.1) is 22.7 Å². The molecule has 1 atom stereocenters. The summed E-state index contributed by atoms with van der Waals surface area (Å²) in [6.07, 6.45) is 0.918. The highest BCUT2D eigenvalue weighted by Crippen LogP contribution is 2.20. The third kappa shape index (κ3) is 3.33. The lowest BCUT2D eigenvalue weighted by molar-refractivity contribution is 0.0744. The Hall–Kier alpha value is -0.400. The summed E-state index contributed by atoms with van der Waals surface area (Å²) in [5.74, 6) is 0.109. The predicted octanol–water partition coefficient (Wildman–Crippen LogP) is 4.12. The Labute approximate surface area is 129 Å². The minimum atomic E-state index is 0.109. The molecule has 0 radical (unpaired) electrons. The molecule has 0 aliphatic carbocycles. The Balaban J connectivity index is 2.02. The van der Waals surface area contributed by atoms with Gasteiger partial charge in [0, 0.05) is 29.8 Å². The number of nitrogens with zero attached hydrogens (tertiary/aromatic N) is 1. The maximum atomic E-state index is 12.3. The second-order valence-electron chi connectivity index (χ2n) is 4.19. The fourth-order valence-electron chi connectivity index (χ4n) is 1.68. The number of halogens is 1. The molecule has 2 heterocycles. The van der Waals surface area contributed by atoms with Gasteiger partial charge >= 0.3 is 0 Å². The van der Waals surface area contributed by atoms with Gasteiger partial charge < -0.3 is 4.90 Å². The molecule has 5 heteroatoms.